The van der Waals surface area contributed by atoms with Gasteiger partial charge in [-0.1, -0.05) is 36.4 Å². The van der Waals surface area contributed by atoms with Crippen LogP contribution in [-0.4, -0.2) is 47.1 Å². The van der Waals surface area contributed by atoms with E-state index in [0.717, 1.165) is 34.1 Å². The molecule has 0 aliphatic carbocycles. The number of anilines is 1. The Morgan fingerprint density at radius 1 is 1.10 bits per heavy atom. The van der Waals surface area contributed by atoms with Gasteiger partial charge in [0, 0.05) is 35.8 Å². The number of nitrogens with zero attached hydrogens (tertiary/aromatic N) is 1. The van der Waals surface area contributed by atoms with Gasteiger partial charge in [0.1, 0.15) is 6.04 Å². The number of nitrogens with one attached hydrogen (secondary N) is 3. The number of benzene rings is 2. The highest BCUT2D eigenvalue weighted by molar-refractivity contribution is 5.98. The normalized spacial score (nSPS) is 13.7. The fourth-order valence-electron chi connectivity index (χ4n) is 3.78. The van der Waals surface area contributed by atoms with Crippen molar-refractivity contribution in [2.75, 3.05) is 18.0 Å². The van der Waals surface area contributed by atoms with Crippen molar-refractivity contribution < 1.29 is 19.5 Å². The minimum Gasteiger partial charge on any atom is -0.480 e. The highest BCUT2D eigenvalue weighted by atomic mass is 16.4. The van der Waals surface area contributed by atoms with Crippen molar-refractivity contribution in [3.63, 3.8) is 0 Å². The smallest absolute Gasteiger partial charge is 0.326 e. The maximum absolute atomic E-state index is 12.5. The molecular formula is C22H22N4O4. The Bertz CT molecular complexity index is 1110. The van der Waals surface area contributed by atoms with Crippen LogP contribution in [0.2, 0.25) is 0 Å². The zero-order chi connectivity index (χ0) is 21.1. The Hall–Kier alpha value is -3.81. The molecule has 30 heavy (non-hydrogen) atoms. The highest BCUT2D eigenvalue weighted by Crippen LogP contribution is 2.27. The van der Waals surface area contributed by atoms with Gasteiger partial charge in [-0.2, -0.15) is 0 Å². The van der Waals surface area contributed by atoms with Crippen LogP contribution < -0.4 is 15.5 Å². The molecule has 0 bridgehead atoms. The summed E-state index contributed by atoms with van der Waals surface area (Å²) in [6, 6.07) is 13.4. The summed E-state index contributed by atoms with van der Waals surface area (Å²) in [4.78, 5) is 41.1. The van der Waals surface area contributed by atoms with E-state index in [-0.39, 0.29) is 18.9 Å². The summed E-state index contributed by atoms with van der Waals surface area (Å²) in [5, 5.41) is 15.4. The number of para-hydroxylation sites is 2. The number of H-pyrrole nitrogens is 1. The van der Waals surface area contributed by atoms with Crippen LogP contribution in [0.1, 0.15) is 11.1 Å². The molecule has 1 aliphatic heterocycles. The van der Waals surface area contributed by atoms with Crippen molar-refractivity contribution in [3.05, 3.63) is 65.9 Å². The van der Waals surface area contributed by atoms with Crippen LogP contribution in [-0.2, 0) is 22.4 Å². The summed E-state index contributed by atoms with van der Waals surface area (Å²) in [7, 11) is 0. The second-order valence-electron chi connectivity index (χ2n) is 7.21. The van der Waals surface area contributed by atoms with Gasteiger partial charge in [-0.3, -0.25) is 4.79 Å². The van der Waals surface area contributed by atoms with E-state index in [1.54, 1.807) is 11.1 Å². The predicted octanol–water partition coefficient (Wildman–Crippen LogP) is 2.05. The first-order chi connectivity index (χ1) is 14.5. The zero-order valence-corrected chi connectivity index (χ0v) is 16.2. The van der Waals surface area contributed by atoms with Crippen molar-refractivity contribution >= 4 is 34.5 Å². The van der Waals surface area contributed by atoms with Crippen LogP contribution in [0.3, 0.4) is 0 Å². The standard InChI is InChI=1S/C22H22N4O4/c27-20(26-10-9-14-5-1-4-8-19(14)26)13-24-22(30)25-18(21(28)29)11-15-12-23-17-7-3-2-6-16(15)17/h1-8,12,18,23H,9-11,13H2,(H,28,29)(H2,24,25,30)/t18-/m0/s1. The Morgan fingerprint density at radius 3 is 2.70 bits per heavy atom. The molecule has 0 saturated heterocycles. The average Bonchev–Trinajstić information content (AvgIpc) is 3.36. The molecule has 3 aromatic rings. The van der Waals surface area contributed by atoms with Crippen LogP contribution in [0.25, 0.3) is 10.9 Å². The summed E-state index contributed by atoms with van der Waals surface area (Å²) in [6.07, 6.45) is 2.65. The molecule has 1 atom stereocenters. The molecule has 0 unspecified atom stereocenters. The van der Waals surface area contributed by atoms with E-state index in [9.17, 15) is 19.5 Å². The third-order valence-electron chi connectivity index (χ3n) is 5.29. The molecule has 2 heterocycles. The summed E-state index contributed by atoms with van der Waals surface area (Å²) in [5.41, 5.74) is 3.65. The Balaban J connectivity index is 1.35. The first-order valence-corrected chi connectivity index (χ1v) is 9.73. The van der Waals surface area contributed by atoms with Gasteiger partial charge in [0.25, 0.3) is 0 Å². The number of carbonyl (C=O) groups excluding carboxylic acids is 2. The zero-order valence-electron chi connectivity index (χ0n) is 16.2. The minimum atomic E-state index is -1.14. The lowest BCUT2D eigenvalue weighted by molar-refractivity contribution is -0.139. The fourth-order valence-corrected chi connectivity index (χ4v) is 3.78. The average molecular weight is 406 g/mol. The van der Waals surface area contributed by atoms with Crippen LogP contribution >= 0.6 is 0 Å². The van der Waals surface area contributed by atoms with Crippen LogP contribution in [0.5, 0.6) is 0 Å². The third-order valence-corrected chi connectivity index (χ3v) is 5.29. The van der Waals surface area contributed by atoms with E-state index >= 15 is 0 Å². The number of hydrogen-bond donors (Lipinski definition) is 4. The summed E-state index contributed by atoms with van der Waals surface area (Å²) >= 11 is 0. The molecule has 0 radical (unpaired) electrons. The van der Waals surface area contributed by atoms with E-state index in [4.69, 9.17) is 0 Å². The lowest BCUT2D eigenvalue weighted by Crippen LogP contribution is -2.49. The van der Waals surface area contributed by atoms with Gasteiger partial charge in [-0.15, -0.1) is 0 Å². The number of fused-ring (bicyclic) bond motifs is 2. The molecule has 0 saturated carbocycles. The van der Waals surface area contributed by atoms with Crippen molar-refractivity contribution in [1.82, 2.24) is 15.6 Å². The van der Waals surface area contributed by atoms with Crippen molar-refractivity contribution in [3.8, 4) is 0 Å². The molecular weight excluding hydrogens is 384 g/mol. The molecule has 8 nitrogen and oxygen atoms in total. The topological polar surface area (TPSA) is 115 Å². The maximum atomic E-state index is 12.5. The second-order valence-corrected chi connectivity index (χ2v) is 7.21. The van der Waals surface area contributed by atoms with E-state index in [0.29, 0.717) is 6.54 Å². The summed E-state index contributed by atoms with van der Waals surface area (Å²) < 4.78 is 0. The summed E-state index contributed by atoms with van der Waals surface area (Å²) in [5.74, 6) is -1.38. The largest absolute Gasteiger partial charge is 0.480 e. The molecule has 2 aromatic carbocycles. The molecule has 1 aromatic heterocycles. The second kappa shape index (κ2) is 8.28. The van der Waals surface area contributed by atoms with Gasteiger partial charge in [0.2, 0.25) is 5.91 Å². The molecule has 1 aliphatic rings. The number of rotatable bonds is 6. The van der Waals surface area contributed by atoms with Crippen molar-refractivity contribution in [2.45, 2.75) is 18.9 Å². The number of amides is 3. The van der Waals surface area contributed by atoms with Crippen LogP contribution in [0.4, 0.5) is 10.5 Å². The molecule has 4 N–H and O–H groups in total. The van der Waals surface area contributed by atoms with Gasteiger partial charge in [0.15, 0.2) is 0 Å². The van der Waals surface area contributed by atoms with Crippen LogP contribution in [0.15, 0.2) is 54.7 Å². The highest BCUT2D eigenvalue weighted by Gasteiger charge is 2.25. The molecule has 0 fully saturated rings. The number of aromatic nitrogens is 1. The van der Waals surface area contributed by atoms with E-state index in [1.165, 1.54) is 0 Å². The Kier molecular flexibility index (Phi) is 5.38. The van der Waals surface area contributed by atoms with Gasteiger partial charge in [-0.05, 0) is 29.7 Å². The first kappa shape index (κ1) is 19.5. The van der Waals surface area contributed by atoms with E-state index in [2.05, 4.69) is 15.6 Å². The van der Waals surface area contributed by atoms with Gasteiger partial charge < -0.3 is 25.6 Å². The van der Waals surface area contributed by atoms with Crippen molar-refractivity contribution in [1.29, 1.82) is 0 Å². The Labute approximate surface area is 172 Å². The molecule has 8 heteroatoms. The fraction of sp³-hybridized carbons (Fsp3) is 0.227. The van der Waals surface area contributed by atoms with Crippen molar-refractivity contribution in [2.24, 2.45) is 0 Å². The quantitative estimate of drug-likeness (QED) is 0.502. The predicted molar refractivity (Wildman–Crippen MR) is 112 cm³/mol. The third kappa shape index (κ3) is 3.98. The van der Waals surface area contributed by atoms with E-state index in [1.807, 2.05) is 48.5 Å². The van der Waals surface area contributed by atoms with Gasteiger partial charge in [0.05, 0.1) is 6.54 Å². The van der Waals surface area contributed by atoms with Crippen LogP contribution in [0, 0.1) is 0 Å². The molecule has 154 valence electrons. The monoisotopic (exact) mass is 406 g/mol. The maximum Gasteiger partial charge on any atom is 0.326 e. The molecule has 4 rings (SSSR count). The SMILES string of the molecule is O=C(NCC(=O)N1CCc2ccccc21)N[C@@H](Cc1c[nH]c2ccccc12)C(=O)O. The number of hydrogen-bond acceptors (Lipinski definition) is 3. The lowest BCUT2D eigenvalue weighted by atomic mass is 10.1. The number of aromatic amines is 1. The van der Waals surface area contributed by atoms with E-state index < -0.39 is 18.0 Å². The lowest BCUT2D eigenvalue weighted by Gasteiger charge is -2.19. The number of carboxylic acid groups (broad SMARTS) is 1. The van der Waals surface area contributed by atoms with Gasteiger partial charge >= 0.3 is 12.0 Å². The molecule has 3 amide bonds. The Morgan fingerprint density at radius 2 is 1.87 bits per heavy atom. The first-order valence-electron chi connectivity index (χ1n) is 9.73. The van der Waals surface area contributed by atoms with Gasteiger partial charge in [-0.25, -0.2) is 9.59 Å². The number of carboxylic acids is 1. The number of carbonyl (C=O) groups is 3. The number of aliphatic carboxylic acids is 1. The molecule has 0 spiro atoms. The summed E-state index contributed by atoms with van der Waals surface area (Å²) in [6.45, 7) is 0.361. The minimum absolute atomic E-state index is 0.125. The number of urea groups is 1.